The second-order valence-electron chi connectivity index (χ2n) is 16.9. The molecule has 1 aliphatic rings. The minimum atomic E-state index is -1.54. The molecule has 0 bridgehead atoms. The average Bonchev–Trinajstić information content (AvgIpc) is 3.27. The van der Waals surface area contributed by atoms with Gasteiger partial charge < -0.3 is 39.4 Å². The number of hydrogen-bond acceptors (Lipinski definition) is 9. The van der Waals surface area contributed by atoms with Crippen LogP contribution in [0.15, 0.2) is 72.9 Å². The van der Waals surface area contributed by atoms with Gasteiger partial charge in [-0.15, -0.1) is 0 Å². The summed E-state index contributed by atoms with van der Waals surface area (Å²) in [5.74, 6) is -0.324. The van der Waals surface area contributed by atoms with Crippen molar-refractivity contribution < 1.29 is 44.2 Å². The van der Waals surface area contributed by atoms with Gasteiger partial charge in [0.25, 0.3) is 0 Å². The molecule has 62 heavy (non-hydrogen) atoms. The highest BCUT2D eigenvalue weighted by Crippen LogP contribution is 2.22. The number of esters is 1. The van der Waals surface area contributed by atoms with Crippen LogP contribution in [0.25, 0.3) is 0 Å². The van der Waals surface area contributed by atoms with Crippen molar-refractivity contribution in [3.8, 4) is 0 Å². The van der Waals surface area contributed by atoms with Crippen LogP contribution in [0.5, 0.6) is 0 Å². The van der Waals surface area contributed by atoms with Gasteiger partial charge in [-0.3, -0.25) is 4.79 Å². The lowest BCUT2D eigenvalue weighted by atomic mass is 9.99. The maximum atomic E-state index is 12.8. The second-order valence-corrected chi connectivity index (χ2v) is 16.9. The zero-order valence-corrected chi connectivity index (χ0v) is 39.3. The van der Waals surface area contributed by atoms with Gasteiger partial charge in [0, 0.05) is 13.0 Å². The SMILES string of the molecule is CC/C=C\C/C=C\C/C=C\C/C=C\CCCCCCCCCOCC(COC1OC(CO)C(O)C(O)C1O)OC(=O)CCCCCCCCCCC/C=C\C/C=C\CCCCC. The van der Waals surface area contributed by atoms with E-state index in [-0.39, 0.29) is 19.2 Å². The molecule has 1 heterocycles. The Kier molecular flexibility index (Phi) is 40.8. The van der Waals surface area contributed by atoms with Crippen molar-refractivity contribution in [1.29, 1.82) is 0 Å². The van der Waals surface area contributed by atoms with Gasteiger partial charge in [-0.05, 0) is 83.5 Å². The van der Waals surface area contributed by atoms with E-state index in [1.807, 2.05) is 0 Å². The molecule has 0 saturated carbocycles. The fourth-order valence-electron chi connectivity index (χ4n) is 7.22. The molecule has 0 aromatic carbocycles. The van der Waals surface area contributed by atoms with Gasteiger partial charge >= 0.3 is 5.97 Å². The maximum absolute atomic E-state index is 12.8. The third-order valence-electron chi connectivity index (χ3n) is 11.1. The molecular formula is C53H92O9. The Hall–Kier alpha value is -2.37. The van der Waals surface area contributed by atoms with Gasteiger partial charge in [0.15, 0.2) is 6.29 Å². The van der Waals surface area contributed by atoms with Crippen LogP contribution in [0.4, 0.5) is 0 Å². The number of allylic oxidation sites excluding steroid dienone is 12. The molecule has 0 aromatic rings. The van der Waals surface area contributed by atoms with Crippen LogP contribution in [0.1, 0.15) is 194 Å². The van der Waals surface area contributed by atoms with Crippen molar-refractivity contribution in [2.45, 2.75) is 230 Å². The molecule has 0 radical (unpaired) electrons. The zero-order chi connectivity index (χ0) is 45.0. The van der Waals surface area contributed by atoms with Crippen molar-refractivity contribution >= 4 is 5.97 Å². The van der Waals surface area contributed by atoms with E-state index in [1.165, 1.54) is 96.3 Å². The van der Waals surface area contributed by atoms with Crippen molar-refractivity contribution in [3.05, 3.63) is 72.9 Å². The van der Waals surface area contributed by atoms with E-state index in [0.29, 0.717) is 13.0 Å². The van der Waals surface area contributed by atoms with Crippen molar-refractivity contribution in [1.82, 2.24) is 0 Å². The van der Waals surface area contributed by atoms with E-state index in [4.69, 9.17) is 18.9 Å². The predicted molar refractivity (Wildman–Crippen MR) is 256 cm³/mol. The zero-order valence-electron chi connectivity index (χ0n) is 39.3. The summed E-state index contributed by atoms with van der Waals surface area (Å²) in [7, 11) is 0. The lowest BCUT2D eigenvalue weighted by Gasteiger charge is -2.39. The summed E-state index contributed by atoms with van der Waals surface area (Å²) in [6.45, 7) is 4.39. The first-order valence-electron chi connectivity index (χ1n) is 25.0. The minimum Gasteiger partial charge on any atom is -0.457 e. The Bertz CT molecular complexity index is 1180. The number of hydrogen-bond donors (Lipinski definition) is 4. The lowest BCUT2D eigenvalue weighted by molar-refractivity contribution is -0.305. The lowest BCUT2D eigenvalue weighted by Crippen LogP contribution is -2.59. The Morgan fingerprint density at radius 2 is 0.984 bits per heavy atom. The third-order valence-corrected chi connectivity index (χ3v) is 11.1. The van der Waals surface area contributed by atoms with Crippen LogP contribution < -0.4 is 0 Å². The Labute approximate surface area is 378 Å². The first-order chi connectivity index (χ1) is 30.4. The number of carbonyl (C=O) groups is 1. The number of unbranched alkanes of at least 4 members (excludes halogenated alkanes) is 19. The van der Waals surface area contributed by atoms with E-state index in [2.05, 4.69) is 86.8 Å². The van der Waals surface area contributed by atoms with E-state index in [0.717, 1.165) is 77.0 Å². The second kappa shape index (κ2) is 43.9. The van der Waals surface area contributed by atoms with Crippen molar-refractivity contribution in [2.24, 2.45) is 0 Å². The highest BCUT2D eigenvalue weighted by atomic mass is 16.7. The van der Waals surface area contributed by atoms with Crippen molar-refractivity contribution in [2.75, 3.05) is 26.4 Å². The van der Waals surface area contributed by atoms with Gasteiger partial charge in [0.2, 0.25) is 0 Å². The van der Waals surface area contributed by atoms with Crippen LogP contribution in [0, 0.1) is 0 Å². The summed E-state index contributed by atoms with van der Waals surface area (Å²) >= 11 is 0. The van der Waals surface area contributed by atoms with Crippen LogP contribution in [-0.4, -0.2) is 89.6 Å². The van der Waals surface area contributed by atoms with Gasteiger partial charge in [-0.1, -0.05) is 177 Å². The van der Waals surface area contributed by atoms with Gasteiger partial charge in [-0.2, -0.15) is 0 Å². The van der Waals surface area contributed by atoms with Gasteiger partial charge in [0.05, 0.1) is 19.8 Å². The molecule has 0 amide bonds. The largest absolute Gasteiger partial charge is 0.457 e. The number of aliphatic hydroxyl groups is 4. The van der Waals surface area contributed by atoms with E-state index >= 15 is 0 Å². The summed E-state index contributed by atoms with van der Waals surface area (Å²) < 4.78 is 22.9. The Morgan fingerprint density at radius 1 is 0.532 bits per heavy atom. The maximum Gasteiger partial charge on any atom is 0.306 e. The highest BCUT2D eigenvalue weighted by molar-refractivity contribution is 5.69. The van der Waals surface area contributed by atoms with E-state index in [1.54, 1.807) is 0 Å². The van der Waals surface area contributed by atoms with Crippen LogP contribution in [0.3, 0.4) is 0 Å². The topological polar surface area (TPSA) is 135 Å². The average molecular weight is 873 g/mol. The van der Waals surface area contributed by atoms with E-state index < -0.39 is 43.4 Å². The monoisotopic (exact) mass is 873 g/mol. The van der Waals surface area contributed by atoms with Crippen LogP contribution >= 0.6 is 0 Å². The Balaban J connectivity index is 2.24. The highest BCUT2D eigenvalue weighted by Gasteiger charge is 2.44. The standard InChI is InChI=1S/C53H92O9/c1-3-5-7-9-11-13-15-17-19-21-23-25-27-29-31-33-35-37-39-41-43-59-45-47(46-60-53-52(58)51(57)50(56)48(44-54)62-53)61-49(55)42-40-38-36-34-32-30-28-26-24-22-20-18-16-14-12-10-8-6-4-2/h5,7,11-14,17-20,23,25,47-48,50-54,56-58H,3-4,6,8-10,15-16,21-22,24,26-46H2,1-2H3/b7-5-,13-11-,14-12-,19-17-,20-18-,25-23-. The van der Waals surface area contributed by atoms with Crippen LogP contribution in [-0.2, 0) is 23.7 Å². The fraction of sp³-hybridized carbons (Fsp3) is 0.755. The Morgan fingerprint density at radius 3 is 1.48 bits per heavy atom. The summed E-state index contributed by atoms with van der Waals surface area (Å²) in [4.78, 5) is 12.8. The molecule has 6 unspecified atom stereocenters. The molecule has 1 saturated heterocycles. The molecule has 9 nitrogen and oxygen atoms in total. The number of ether oxygens (including phenoxy) is 4. The third kappa shape index (κ3) is 34.1. The smallest absolute Gasteiger partial charge is 0.306 e. The summed E-state index contributed by atoms with van der Waals surface area (Å²) in [5.41, 5.74) is 0. The van der Waals surface area contributed by atoms with Crippen molar-refractivity contribution in [3.63, 3.8) is 0 Å². The number of aliphatic hydroxyl groups excluding tert-OH is 4. The van der Waals surface area contributed by atoms with E-state index in [9.17, 15) is 25.2 Å². The van der Waals surface area contributed by atoms with Gasteiger partial charge in [0.1, 0.15) is 30.5 Å². The molecule has 1 rings (SSSR count). The quantitative estimate of drug-likeness (QED) is 0.0269. The molecule has 9 heteroatoms. The molecule has 0 aromatic heterocycles. The molecule has 1 aliphatic heterocycles. The van der Waals surface area contributed by atoms with Crippen LogP contribution in [0.2, 0.25) is 0 Å². The summed E-state index contributed by atoms with van der Waals surface area (Å²) in [6, 6.07) is 0. The fourth-order valence-corrected chi connectivity index (χ4v) is 7.22. The first kappa shape index (κ1) is 57.6. The minimum absolute atomic E-state index is 0.123. The first-order valence-corrected chi connectivity index (χ1v) is 25.0. The normalized spacial score (nSPS) is 20.4. The molecule has 1 fully saturated rings. The summed E-state index contributed by atoms with van der Waals surface area (Å²) in [6.07, 6.45) is 50.7. The molecule has 4 N–H and O–H groups in total. The number of carbonyl (C=O) groups excluding carboxylic acids is 1. The molecular weight excluding hydrogens is 781 g/mol. The number of rotatable bonds is 42. The van der Waals surface area contributed by atoms with Gasteiger partial charge in [-0.25, -0.2) is 0 Å². The molecule has 358 valence electrons. The molecule has 0 spiro atoms. The molecule has 0 aliphatic carbocycles. The summed E-state index contributed by atoms with van der Waals surface area (Å²) in [5, 5.41) is 40.2. The predicted octanol–water partition coefficient (Wildman–Crippen LogP) is 12.0. The molecule has 6 atom stereocenters.